The van der Waals surface area contributed by atoms with Gasteiger partial charge in [0, 0.05) is 36.0 Å². The van der Waals surface area contributed by atoms with Crippen LogP contribution in [0.15, 0.2) is 65.7 Å². The van der Waals surface area contributed by atoms with Crippen molar-refractivity contribution in [1.29, 1.82) is 0 Å². The predicted molar refractivity (Wildman–Crippen MR) is 137 cm³/mol. The quantitative estimate of drug-likeness (QED) is 0.501. The third-order valence-corrected chi connectivity index (χ3v) is 7.41. The van der Waals surface area contributed by atoms with Crippen molar-refractivity contribution in [3.8, 4) is 11.1 Å². The zero-order valence-corrected chi connectivity index (χ0v) is 20.2. The molecule has 0 unspecified atom stereocenters. The fraction of sp³-hybridized carbons (Fsp3) is 0.345. The number of allylic oxidation sites excluding steroid dienone is 1. The zero-order valence-electron chi connectivity index (χ0n) is 20.2. The van der Waals surface area contributed by atoms with Crippen molar-refractivity contribution in [3.05, 3.63) is 93.9 Å². The van der Waals surface area contributed by atoms with E-state index in [1.54, 1.807) is 25.3 Å². The van der Waals surface area contributed by atoms with E-state index >= 15 is 0 Å². The minimum Gasteiger partial charge on any atom is -0.450 e. The van der Waals surface area contributed by atoms with Gasteiger partial charge in [0.25, 0.3) is 0 Å². The topological polar surface area (TPSA) is 84.1 Å². The Hall–Kier alpha value is -3.74. The monoisotopic (exact) mass is 487 g/mol. The van der Waals surface area contributed by atoms with E-state index in [4.69, 9.17) is 4.74 Å². The van der Waals surface area contributed by atoms with Crippen molar-refractivity contribution in [3.63, 3.8) is 0 Å². The molecule has 1 amide bonds. The maximum absolute atomic E-state index is 13.6. The number of pyridine rings is 2. The molecule has 2 heterocycles. The SMILES string of the molecule is CCOC(=O)N[C@@H]1CC[C@@H]2[C@H](Cc3c[nH]c(=O)cc3[C@H]2/C=C/c2ccc(-c3cccc(F)c3)cn2)C1. The Morgan fingerprint density at radius 2 is 2.11 bits per heavy atom. The largest absolute Gasteiger partial charge is 0.450 e. The fourth-order valence-corrected chi connectivity index (χ4v) is 5.77. The highest BCUT2D eigenvalue weighted by molar-refractivity contribution is 5.67. The number of aromatic nitrogens is 2. The van der Waals surface area contributed by atoms with E-state index in [1.165, 1.54) is 12.1 Å². The zero-order chi connectivity index (χ0) is 25.1. The summed E-state index contributed by atoms with van der Waals surface area (Å²) >= 11 is 0. The van der Waals surface area contributed by atoms with Crippen LogP contribution < -0.4 is 10.9 Å². The molecule has 1 saturated carbocycles. The Labute approximate surface area is 209 Å². The summed E-state index contributed by atoms with van der Waals surface area (Å²) in [5.74, 6) is 0.586. The Morgan fingerprint density at radius 3 is 2.89 bits per heavy atom. The lowest BCUT2D eigenvalue weighted by molar-refractivity contribution is 0.129. The van der Waals surface area contributed by atoms with Crippen LogP contribution in [-0.2, 0) is 11.2 Å². The summed E-state index contributed by atoms with van der Waals surface area (Å²) in [6.07, 6.45) is 11.0. The van der Waals surface area contributed by atoms with Crippen LogP contribution in [0.1, 0.15) is 48.9 Å². The first-order valence-corrected chi connectivity index (χ1v) is 12.5. The minimum atomic E-state index is -0.356. The average molecular weight is 488 g/mol. The molecular formula is C29H30FN3O3. The van der Waals surface area contributed by atoms with Crippen molar-refractivity contribution >= 4 is 12.2 Å². The number of benzene rings is 1. The lowest BCUT2D eigenvalue weighted by Crippen LogP contribution is -2.44. The third-order valence-electron chi connectivity index (χ3n) is 7.41. The number of rotatable bonds is 5. The summed E-state index contributed by atoms with van der Waals surface area (Å²) in [6.45, 7) is 2.16. The molecule has 2 aliphatic carbocycles. The highest BCUT2D eigenvalue weighted by Crippen LogP contribution is 2.47. The molecule has 0 aliphatic heterocycles. The molecule has 3 aromatic rings. The Morgan fingerprint density at radius 1 is 1.22 bits per heavy atom. The van der Waals surface area contributed by atoms with Crippen LogP contribution in [0, 0.1) is 17.7 Å². The van der Waals surface area contributed by atoms with Crippen molar-refractivity contribution in [2.75, 3.05) is 6.61 Å². The van der Waals surface area contributed by atoms with Crippen molar-refractivity contribution in [1.82, 2.24) is 15.3 Å². The number of aromatic amines is 1. The van der Waals surface area contributed by atoms with Crippen LogP contribution in [0.25, 0.3) is 17.2 Å². The van der Waals surface area contributed by atoms with Crippen LogP contribution in [0.3, 0.4) is 0 Å². The van der Waals surface area contributed by atoms with Gasteiger partial charge in [-0.15, -0.1) is 0 Å². The average Bonchev–Trinajstić information content (AvgIpc) is 2.87. The van der Waals surface area contributed by atoms with Gasteiger partial charge in [0.2, 0.25) is 5.56 Å². The molecule has 4 atom stereocenters. The van der Waals surface area contributed by atoms with Crippen molar-refractivity contribution < 1.29 is 13.9 Å². The van der Waals surface area contributed by atoms with E-state index in [0.717, 1.165) is 53.6 Å². The summed E-state index contributed by atoms with van der Waals surface area (Å²) in [7, 11) is 0. The molecule has 6 nitrogen and oxygen atoms in total. The van der Waals surface area contributed by atoms with Crippen LogP contribution in [-0.4, -0.2) is 28.7 Å². The number of ether oxygens (including phenoxy) is 1. The second kappa shape index (κ2) is 10.5. The number of carbonyl (C=O) groups excluding carboxylic acids is 1. The molecule has 186 valence electrons. The lowest BCUT2D eigenvalue weighted by atomic mass is 9.62. The number of fused-ring (bicyclic) bond motifs is 2. The third kappa shape index (κ3) is 5.25. The van der Waals surface area contributed by atoms with Gasteiger partial charge in [0.15, 0.2) is 0 Å². The second-order valence-corrected chi connectivity index (χ2v) is 9.65. The normalized spacial score (nSPS) is 23.1. The summed E-state index contributed by atoms with van der Waals surface area (Å²) < 4.78 is 18.7. The van der Waals surface area contributed by atoms with Crippen molar-refractivity contribution in [2.45, 2.75) is 44.6 Å². The van der Waals surface area contributed by atoms with Gasteiger partial charge in [0.05, 0.1) is 12.3 Å². The lowest BCUT2D eigenvalue weighted by Gasteiger charge is -2.44. The number of nitrogens with zero attached hydrogens (tertiary/aromatic N) is 1. The Bertz CT molecular complexity index is 1320. The first-order chi connectivity index (χ1) is 17.5. The highest BCUT2D eigenvalue weighted by Gasteiger charge is 2.40. The number of hydrogen-bond acceptors (Lipinski definition) is 4. The van der Waals surface area contributed by atoms with E-state index in [0.29, 0.717) is 18.4 Å². The maximum atomic E-state index is 13.6. The molecule has 1 fully saturated rings. The van der Waals surface area contributed by atoms with Gasteiger partial charge in [0.1, 0.15) is 5.82 Å². The molecule has 0 radical (unpaired) electrons. The molecule has 0 saturated heterocycles. The fourth-order valence-electron chi connectivity index (χ4n) is 5.77. The van der Waals surface area contributed by atoms with E-state index in [9.17, 15) is 14.0 Å². The van der Waals surface area contributed by atoms with Gasteiger partial charge in [-0.2, -0.15) is 0 Å². The van der Waals surface area contributed by atoms with Crippen LogP contribution in [0.5, 0.6) is 0 Å². The highest BCUT2D eigenvalue weighted by atomic mass is 19.1. The summed E-state index contributed by atoms with van der Waals surface area (Å²) in [6, 6.07) is 12.2. The first-order valence-electron chi connectivity index (χ1n) is 12.5. The van der Waals surface area contributed by atoms with Crippen LogP contribution >= 0.6 is 0 Å². The smallest absolute Gasteiger partial charge is 0.407 e. The van der Waals surface area contributed by atoms with Gasteiger partial charge in [-0.05, 0) is 85.4 Å². The van der Waals surface area contributed by atoms with Gasteiger partial charge in [-0.3, -0.25) is 9.78 Å². The summed E-state index contributed by atoms with van der Waals surface area (Å²) in [5, 5.41) is 3.01. The molecule has 2 N–H and O–H groups in total. The number of nitrogens with one attached hydrogen (secondary N) is 2. The molecule has 1 aromatic carbocycles. The minimum absolute atomic E-state index is 0.0919. The predicted octanol–water partition coefficient (Wildman–Crippen LogP) is 5.46. The van der Waals surface area contributed by atoms with E-state index in [-0.39, 0.29) is 29.4 Å². The number of amides is 1. The van der Waals surface area contributed by atoms with Crippen molar-refractivity contribution in [2.24, 2.45) is 11.8 Å². The Balaban J connectivity index is 1.37. The molecule has 7 heteroatoms. The summed E-state index contributed by atoms with van der Waals surface area (Å²) in [5.41, 5.74) is 4.58. The first kappa shape index (κ1) is 24.0. The molecule has 0 bridgehead atoms. The number of hydrogen-bond donors (Lipinski definition) is 2. The summed E-state index contributed by atoms with van der Waals surface area (Å²) in [4.78, 5) is 31.5. The van der Waals surface area contributed by atoms with Crippen LogP contribution in [0.4, 0.5) is 9.18 Å². The van der Waals surface area contributed by atoms with E-state index < -0.39 is 0 Å². The second-order valence-electron chi connectivity index (χ2n) is 9.65. The standard InChI is InChI=1S/C29H30FN3O3/c1-2-36-29(35)33-24-9-10-25-20(14-24)12-21-17-32-28(34)15-27(21)26(25)11-8-23-7-6-19(16-31-23)18-4-3-5-22(30)13-18/h3-8,11,13,15-17,20,24-26H,2,9-10,12,14H2,1H3,(H,32,34)(H,33,35)/b11-8+/t20-,24-,25-,26+/m1/s1. The van der Waals surface area contributed by atoms with Gasteiger partial charge in [-0.25, -0.2) is 9.18 Å². The number of carbonyl (C=O) groups is 1. The number of halogens is 1. The van der Waals surface area contributed by atoms with E-state index in [2.05, 4.69) is 21.4 Å². The molecular weight excluding hydrogens is 457 g/mol. The van der Waals surface area contributed by atoms with Gasteiger partial charge < -0.3 is 15.0 Å². The molecule has 5 rings (SSSR count). The Kier molecular flexibility index (Phi) is 6.98. The van der Waals surface area contributed by atoms with Crippen LogP contribution in [0.2, 0.25) is 0 Å². The number of H-pyrrole nitrogens is 1. The molecule has 0 spiro atoms. The number of alkyl carbamates (subject to hydrolysis) is 1. The van der Waals surface area contributed by atoms with Gasteiger partial charge >= 0.3 is 6.09 Å². The molecule has 36 heavy (non-hydrogen) atoms. The van der Waals surface area contributed by atoms with Gasteiger partial charge in [-0.1, -0.05) is 24.3 Å². The molecule has 2 aromatic heterocycles. The maximum Gasteiger partial charge on any atom is 0.407 e. The molecule has 2 aliphatic rings. The van der Waals surface area contributed by atoms with E-state index in [1.807, 2.05) is 30.5 Å².